The molecule has 6 nitrogen and oxygen atoms in total. The summed E-state index contributed by atoms with van der Waals surface area (Å²) >= 11 is 0.915. The van der Waals surface area contributed by atoms with Gasteiger partial charge in [0.2, 0.25) is 0 Å². The molecule has 0 spiro atoms. The first kappa shape index (κ1) is 22.5. The van der Waals surface area contributed by atoms with Crippen molar-refractivity contribution in [1.82, 2.24) is 4.90 Å². The minimum absolute atomic E-state index is 0.170. The van der Waals surface area contributed by atoms with Crippen molar-refractivity contribution in [3.05, 3.63) is 83.8 Å². The van der Waals surface area contributed by atoms with E-state index in [0.29, 0.717) is 23.0 Å². The maximum absolute atomic E-state index is 12.8. The minimum Gasteiger partial charge on any atom is -0.493 e. The molecule has 0 unspecified atom stereocenters. The number of carbonyl (C=O) groups is 2. The van der Waals surface area contributed by atoms with Gasteiger partial charge in [-0.2, -0.15) is 0 Å². The van der Waals surface area contributed by atoms with Crippen LogP contribution in [0.2, 0.25) is 0 Å². The van der Waals surface area contributed by atoms with Crippen LogP contribution in [0.25, 0.3) is 16.8 Å². The fourth-order valence-electron chi connectivity index (χ4n) is 3.45. The van der Waals surface area contributed by atoms with Gasteiger partial charge in [0.1, 0.15) is 19.0 Å². The number of thioether (sulfide) groups is 1. The van der Waals surface area contributed by atoms with Crippen LogP contribution in [0.5, 0.6) is 17.2 Å². The van der Waals surface area contributed by atoms with E-state index in [1.807, 2.05) is 42.5 Å². The molecule has 168 valence electrons. The van der Waals surface area contributed by atoms with Crippen LogP contribution in [0.4, 0.5) is 4.79 Å². The number of fused-ring (bicyclic) bond motifs is 1. The number of nitrogens with zero attached hydrogens (tertiary/aromatic N) is 1. The number of carbonyl (C=O) groups excluding carboxylic acids is 2. The molecule has 1 aliphatic heterocycles. The molecule has 1 saturated heterocycles. The fourth-order valence-corrected chi connectivity index (χ4v) is 4.32. The Bertz CT molecular complexity index is 1230. The zero-order valence-corrected chi connectivity index (χ0v) is 19.0. The summed E-state index contributed by atoms with van der Waals surface area (Å²) in [5, 5.41) is 1.75. The molecule has 2 amide bonds. The summed E-state index contributed by atoms with van der Waals surface area (Å²) in [4.78, 5) is 26.8. The van der Waals surface area contributed by atoms with Gasteiger partial charge in [0.25, 0.3) is 11.1 Å². The van der Waals surface area contributed by atoms with E-state index in [1.54, 1.807) is 37.5 Å². The number of methoxy groups -OCH3 is 1. The van der Waals surface area contributed by atoms with E-state index in [1.165, 1.54) is 4.90 Å². The summed E-state index contributed by atoms with van der Waals surface area (Å²) in [5.41, 5.74) is 0.732. The third-order valence-corrected chi connectivity index (χ3v) is 5.95. The standard InChI is InChI=1S/C26H23NO5S/c1-3-14-31-22-12-11-18(16-23(22)30-2)17-24-25(28)27(26(29)33-24)13-15-32-21-10-6-8-19-7-4-5-9-20(19)21/h3-12,16-17H,1,13-15H2,2H3/b24-17-. The van der Waals surface area contributed by atoms with Gasteiger partial charge in [0, 0.05) is 5.39 Å². The van der Waals surface area contributed by atoms with Crippen LogP contribution in [0.15, 0.2) is 78.2 Å². The normalized spacial score (nSPS) is 14.7. The predicted octanol–water partition coefficient (Wildman–Crippen LogP) is 5.53. The van der Waals surface area contributed by atoms with Gasteiger partial charge >= 0.3 is 0 Å². The average Bonchev–Trinajstić information content (AvgIpc) is 3.10. The van der Waals surface area contributed by atoms with Crippen LogP contribution in [-0.2, 0) is 4.79 Å². The van der Waals surface area contributed by atoms with Crippen LogP contribution in [0.1, 0.15) is 5.56 Å². The zero-order chi connectivity index (χ0) is 23.2. The number of amides is 2. The van der Waals surface area contributed by atoms with E-state index in [-0.39, 0.29) is 24.3 Å². The third kappa shape index (κ3) is 5.04. The van der Waals surface area contributed by atoms with Crippen LogP contribution >= 0.6 is 11.8 Å². The molecule has 1 heterocycles. The Labute approximate surface area is 196 Å². The van der Waals surface area contributed by atoms with Crippen molar-refractivity contribution < 1.29 is 23.8 Å². The first-order valence-electron chi connectivity index (χ1n) is 10.4. The molecule has 0 N–H and O–H groups in total. The molecule has 0 bridgehead atoms. The van der Waals surface area contributed by atoms with E-state index < -0.39 is 0 Å². The lowest BCUT2D eigenvalue weighted by Crippen LogP contribution is -2.32. The van der Waals surface area contributed by atoms with Gasteiger partial charge in [-0.3, -0.25) is 14.5 Å². The first-order chi connectivity index (χ1) is 16.1. The van der Waals surface area contributed by atoms with Crippen molar-refractivity contribution in [3.63, 3.8) is 0 Å². The number of ether oxygens (including phenoxy) is 3. The second kappa shape index (κ2) is 10.3. The van der Waals surface area contributed by atoms with Gasteiger partial charge in [-0.25, -0.2) is 0 Å². The van der Waals surface area contributed by atoms with Gasteiger partial charge in [-0.1, -0.05) is 55.1 Å². The summed E-state index contributed by atoms with van der Waals surface area (Å²) in [6.45, 7) is 4.37. The Morgan fingerprint density at radius 3 is 2.61 bits per heavy atom. The molecule has 1 fully saturated rings. The van der Waals surface area contributed by atoms with Crippen LogP contribution in [0, 0.1) is 0 Å². The lowest BCUT2D eigenvalue weighted by Gasteiger charge is -2.14. The Balaban J connectivity index is 1.43. The van der Waals surface area contributed by atoms with E-state index in [4.69, 9.17) is 14.2 Å². The molecule has 33 heavy (non-hydrogen) atoms. The first-order valence-corrected chi connectivity index (χ1v) is 11.2. The predicted molar refractivity (Wildman–Crippen MR) is 131 cm³/mol. The molecule has 7 heteroatoms. The smallest absolute Gasteiger partial charge is 0.293 e. The Kier molecular flexibility index (Phi) is 7.00. The van der Waals surface area contributed by atoms with Crippen LogP contribution < -0.4 is 14.2 Å². The summed E-state index contributed by atoms with van der Waals surface area (Å²) in [6.07, 6.45) is 3.32. The quantitative estimate of drug-likeness (QED) is 0.308. The number of rotatable bonds is 9. The van der Waals surface area contributed by atoms with Crippen LogP contribution in [-0.4, -0.2) is 42.9 Å². The molecule has 4 rings (SSSR count). The molecule has 0 aromatic heterocycles. The van der Waals surface area contributed by atoms with E-state index in [9.17, 15) is 9.59 Å². The van der Waals surface area contributed by atoms with Crippen molar-refractivity contribution in [3.8, 4) is 17.2 Å². The van der Waals surface area contributed by atoms with E-state index in [0.717, 1.165) is 33.8 Å². The van der Waals surface area contributed by atoms with Crippen molar-refractivity contribution >= 4 is 39.8 Å². The number of hydrogen-bond donors (Lipinski definition) is 0. The maximum atomic E-state index is 12.8. The van der Waals surface area contributed by atoms with Crippen LogP contribution in [0.3, 0.4) is 0 Å². The number of hydrogen-bond acceptors (Lipinski definition) is 6. The molecular formula is C26H23NO5S. The van der Waals surface area contributed by atoms with E-state index in [2.05, 4.69) is 6.58 Å². The topological polar surface area (TPSA) is 65.1 Å². The summed E-state index contributed by atoms with van der Waals surface area (Å²) in [7, 11) is 1.55. The lowest BCUT2D eigenvalue weighted by molar-refractivity contribution is -0.123. The summed E-state index contributed by atoms with van der Waals surface area (Å²) in [6, 6.07) is 19.0. The SMILES string of the molecule is C=CCOc1ccc(/C=C2\SC(=O)N(CCOc3cccc4ccccc34)C2=O)cc1OC. The molecule has 3 aromatic carbocycles. The molecule has 0 aliphatic carbocycles. The molecule has 0 atom stereocenters. The highest BCUT2D eigenvalue weighted by Gasteiger charge is 2.34. The van der Waals surface area contributed by atoms with Crippen molar-refractivity contribution in [2.24, 2.45) is 0 Å². The van der Waals surface area contributed by atoms with Crippen molar-refractivity contribution in [2.75, 3.05) is 26.9 Å². The highest BCUT2D eigenvalue weighted by Crippen LogP contribution is 2.34. The third-order valence-electron chi connectivity index (χ3n) is 5.04. The number of imide groups is 1. The Morgan fingerprint density at radius 2 is 1.79 bits per heavy atom. The largest absolute Gasteiger partial charge is 0.493 e. The summed E-state index contributed by atoms with van der Waals surface area (Å²) in [5.74, 6) is 1.50. The van der Waals surface area contributed by atoms with Gasteiger partial charge in [-0.05, 0) is 47.0 Å². The molecule has 1 aliphatic rings. The highest BCUT2D eigenvalue weighted by molar-refractivity contribution is 8.18. The molecule has 0 radical (unpaired) electrons. The summed E-state index contributed by atoms with van der Waals surface area (Å²) < 4.78 is 16.8. The Hall–Kier alpha value is -3.71. The minimum atomic E-state index is -0.336. The van der Waals surface area contributed by atoms with Gasteiger partial charge < -0.3 is 14.2 Å². The highest BCUT2D eigenvalue weighted by atomic mass is 32.2. The fraction of sp³-hybridized carbons (Fsp3) is 0.154. The molecule has 3 aromatic rings. The average molecular weight is 462 g/mol. The Morgan fingerprint density at radius 1 is 0.970 bits per heavy atom. The van der Waals surface area contributed by atoms with Crippen molar-refractivity contribution in [1.29, 1.82) is 0 Å². The second-order valence-electron chi connectivity index (χ2n) is 7.17. The lowest BCUT2D eigenvalue weighted by atomic mass is 10.1. The maximum Gasteiger partial charge on any atom is 0.293 e. The monoisotopic (exact) mass is 461 g/mol. The van der Waals surface area contributed by atoms with Gasteiger partial charge in [-0.15, -0.1) is 0 Å². The van der Waals surface area contributed by atoms with Gasteiger partial charge in [0.05, 0.1) is 18.6 Å². The van der Waals surface area contributed by atoms with E-state index >= 15 is 0 Å². The van der Waals surface area contributed by atoms with Crippen molar-refractivity contribution in [2.45, 2.75) is 0 Å². The second-order valence-corrected chi connectivity index (χ2v) is 8.16. The molecule has 0 saturated carbocycles. The zero-order valence-electron chi connectivity index (χ0n) is 18.2. The number of benzene rings is 3. The van der Waals surface area contributed by atoms with Gasteiger partial charge in [0.15, 0.2) is 11.5 Å². The molecular weight excluding hydrogens is 438 g/mol.